The Morgan fingerprint density at radius 2 is 1.97 bits per heavy atom. The number of carbonyl (C=O) groups excluding carboxylic acids is 2. The lowest BCUT2D eigenvalue weighted by atomic mass is 10.0. The van der Waals surface area contributed by atoms with E-state index in [0.717, 1.165) is 17.3 Å². The van der Waals surface area contributed by atoms with Crippen LogP contribution in [0.3, 0.4) is 0 Å². The van der Waals surface area contributed by atoms with Crippen molar-refractivity contribution in [3.05, 3.63) is 64.0 Å². The lowest BCUT2D eigenvalue weighted by molar-refractivity contribution is -0.117. The summed E-state index contributed by atoms with van der Waals surface area (Å²) in [5.41, 5.74) is 7.76. The molecule has 1 unspecified atom stereocenters. The van der Waals surface area contributed by atoms with Crippen LogP contribution in [0.15, 0.2) is 47.0 Å². The van der Waals surface area contributed by atoms with Crippen LogP contribution in [0, 0.1) is 6.92 Å². The van der Waals surface area contributed by atoms with E-state index in [1.165, 1.54) is 0 Å². The van der Waals surface area contributed by atoms with Gasteiger partial charge >= 0.3 is 0 Å². The van der Waals surface area contributed by atoms with Crippen molar-refractivity contribution < 1.29 is 14.7 Å². The maximum absolute atomic E-state index is 12.7. The van der Waals surface area contributed by atoms with Crippen molar-refractivity contribution in [1.29, 1.82) is 0 Å². The fourth-order valence-electron chi connectivity index (χ4n) is 2.59. The molecule has 0 aliphatic heterocycles. The smallest absolute Gasteiger partial charge is 0.247 e. The van der Waals surface area contributed by atoms with Gasteiger partial charge in [0.1, 0.15) is 11.6 Å². The second kappa shape index (κ2) is 10.7. The Hall–Kier alpha value is -2.71. The Kier molecular flexibility index (Phi) is 8.35. The molecule has 7 nitrogen and oxygen atoms in total. The molecule has 1 atom stereocenters. The molecule has 0 radical (unpaired) electrons. The summed E-state index contributed by atoms with van der Waals surface area (Å²) in [5, 5.41) is 12.1. The quantitative estimate of drug-likeness (QED) is 0.568. The lowest BCUT2D eigenvalue weighted by Crippen LogP contribution is -2.25. The number of carbonyl (C=O) groups is 2. The summed E-state index contributed by atoms with van der Waals surface area (Å²) >= 11 is 1.01. The number of rotatable bonds is 8. The van der Waals surface area contributed by atoms with Gasteiger partial charge in [0.25, 0.3) is 0 Å². The second-order valence-corrected chi connectivity index (χ2v) is 7.68. The Balaban J connectivity index is 2.09. The molecule has 2 aromatic rings. The number of nitrogens with two attached hydrogens (primary N) is 1. The second-order valence-electron chi connectivity index (χ2n) is 6.59. The number of nitrogens with one attached hydrogen (secondary N) is 1. The first-order valence-electron chi connectivity index (χ1n) is 9.27. The number of nitrogen functional groups attached to an aromatic ring is 1. The van der Waals surface area contributed by atoms with Crippen molar-refractivity contribution in [3.8, 4) is 0 Å². The third-order valence-corrected chi connectivity index (χ3v) is 5.74. The Labute approximate surface area is 174 Å². The molecule has 4 N–H and O–H groups in total. The SMILES string of the molecule is C/C(C(=O)NCc1cnc(C)nc1N)=C(\CCO)SC(=O)C(C)c1ccccc1. The Morgan fingerprint density at radius 3 is 2.59 bits per heavy atom. The summed E-state index contributed by atoms with van der Waals surface area (Å²) in [6.45, 7) is 5.23. The maximum atomic E-state index is 12.7. The molecular formula is C21H26N4O3S. The molecule has 8 heteroatoms. The first-order valence-corrected chi connectivity index (χ1v) is 10.1. The molecule has 1 amide bonds. The molecule has 0 saturated carbocycles. The first kappa shape index (κ1) is 22.6. The number of aromatic nitrogens is 2. The van der Waals surface area contributed by atoms with Crippen LogP contribution >= 0.6 is 11.8 Å². The largest absolute Gasteiger partial charge is 0.396 e. The highest BCUT2D eigenvalue weighted by Crippen LogP contribution is 2.30. The van der Waals surface area contributed by atoms with Crippen molar-refractivity contribution in [1.82, 2.24) is 15.3 Å². The lowest BCUT2D eigenvalue weighted by Gasteiger charge is -2.14. The minimum absolute atomic E-state index is 0.0806. The van der Waals surface area contributed by atoms with Gasteiger partial charge in [-0.05, 0) is 19.4 Å². The van der Waals surface area contributed by atoms with Crippen LogP contribution in [0.5, 0.6) is 0 Å². The van der Waals surface area contributed by atoms with Crippen LogP contribution in [-0.2, 0) is 16.1 Å². The van der Waals surface area contributed by atoms with Crippen molar-refractivity contribution in [2.45, 2.75) is 39.7 Å². The fourth-order valence-corrected chi connectivity index (χ4v) is 3.58. The number of aliphatic hydroxyl groups is 1. The minimum Gasteiger partial charge on any atom is -0.396 e. The van der Waals surface area contributed by atoms with Crippen LogP contribution < -0.4 is 11.1 Å². The zero-order chi connectivity index (χ0) is 21.4. The summed E-state index contributed by atoms with van der Waals surface area (Å²) in [7, 11) is 0. The number of amides is 1. The number of aliphatic hydroxyl groups excluding tert-OH is 1. The molecule has 0 saturated heterocycles. The van der Waals surface area contributed by atoms with Crippen LogP contribution in [0.4, 0.5) is 5.82 Å². The van der Waals surface area contributed by atoms with Crippen LogP contribution in [0.2, 0.25) is 0 Å². The van der Waals surface area contributed by atoms with E-state index in [1.807, 2.05) is 37.3 Å². The summed E-state index contributed by atoms with van der Waals surface area (Å²) in [6, 6.07) is 9.45. The van der Waals surface area contributed by atoms with E-state index in [-0.39, 0.29) is 36.5 Å². The molecule has 29 heavy (non-hydrogen) atoms. The molecule has 1 aromatic heterocycles. The highest BCUT2D eigenvalue weighted by Gasteiger charge is 2.20. The van der Waals surface area contributed by atoms with Gasteiger partial charge in [-0.1, -0.05) is 49.0 Å². The van der Waals surface area contributed by atoms with E-state index in [4.69, 9.17) is 5.73 Å². The van der Waals surface area contributed by atoms with Gasteiger partial charge in [0.2, 0.25) is 11.0 Å². The topological polar surface area (TPSA) is 118 Å². The average molecular weight is 415 g/mol. The van der Waals surface area contributed by atoms with Gasteiger partial charge in [0, 0.05) is 41.8 Å². The fraction of sp³-hybridized carbons (Fsp3) is 0.333. The van der Waals surface area contributed by atoms with E-state index in [0.29, 0.717) is 27.7 Å². The van der Waals surface area contributed by atoms with Crippen molar-refractivity contribution >= 4 is 28.6 Å². The van der Waals surface area contributed by atoms with Gasteiger partial charge < -0.3 is 16.2 Å². The van der Waals surface area contributed by atoms with Gasteiger partial charge in [-0.15, -0.1) is 0 Å². The maximum Gasteiger partial charge on any atom is 0.247 e. The summed E-state index contributed by atoms with van der Waals surface area (Å²) in [6.07, 6.45) is 1.80. The van der Waals surface area contributed by atoms with Crippen LogP contribution in [0.1, 0.15) is 43.1 Å². The Morgan fingerprint density at radius 1 is 1.28 bits per heavy atom. The molecule has 0 aliphatic carbocycles. The monoisotopic (exact) mass is 414 g/mol. The van der Waals surface area contributed by atoms with Gasteiger partial charge in [-0.3, -0.25) is 9.59 Å². The van der Waals surface area contributed by atoms with Gasteiger partial charge in [0.15, 0.2) is 0 Å². The van der Waals surface area contributed by atoms with E-state index < -0.39 is 0 Å². The molecule has 0 fully saturated rings. The highest BCUT2D eigenvalue weighted by molar-refractivity contribution is 8.17. The molecule has 154 valence electrons. The average Bonchev–Trinajstić information content (AvgIpc) is 2.72. The number of anilines is 1. The van der Waals surface area contributed by atoms with Crippen molar-refractivity contribution in [2.24, 2.45) is 0 Å². The van der Waals surface area contributed by atoms with E-state index >= 15 is 0 Å². The van der Waals surface area contributed by atoms with Crippen LogP contribution in [-0.4, -0.2) is 32.7 Å². The molecule has 0 bridgehead atoms. The Bertz CT molecular complexity index is 900. The number of aryl methyl sites for hydroxylation is 1. The predicted octanol–water partition coefficient (Wildman–Crippen LogP) is 2.70. The predicted molar refractivity (Wildman–Crippen MR) is 115 cm³/mol. The molecule has 0 spiro atoms. The zero-order valence-electron chi connectivity index (χ0n) is 16.8. The van der Waals surface area contributed by atoms with Gasteiger partial charge in [0.05, 0.1) is 5.92 Å². The third kappa shape index (κ3) is 6.40. The van der Waals surface area contributed by atoms with Crippen molar-refractivity contribution in [3.63, 3.8) is 0 Å². The number of thioether (sulfide) groups is 1. The summed E-state index contributed by atoms with van der Waals surface area (Å²) in [4.78, 5) is 34.0. The minimum atomic E-state index is -0.332. The van der Waals surface area contributed by atoms with E-state index in [2.05, 4.69) is 15.3 Å². The van der Waals surface area contributed by atoms with E-state index in [1.54, 1.807) is 20.0 Å². The first-order chi connectivity index (χ1) is 13.8. The number of hydrogen-bond donors (Lipinski definition) is 3. The highest BCUT2D eigenvalue weighted by atomic mass is 32.2. The molecule has 1 aromatic carbocycles. The molecule has 2 rings (SSSR count). The van der Waals surface area contributed by atoms with Gasteiger partial charge in [-0.25, -0.2) is 9.97 Å². The number of nitrogens with zero attached hydrogens (tertiary/aromatic N) is 2. The summed E-state index contributed by atoms with van der Waals surface area (Å²) in [5.74, 6) is 0.217. The normalized spacial score (nSPS) is 12.8. The van der Waals surface area contributed by atoms with Gasteiger partial charge in [-0.2, -0.15) is 0 Å². The molecular weight excluding hydrogens is 388 g/mol. The number of benzene rings is 1. The summed E-state index contributed by atoms with van der Waals surface area (Å²) < 4.78 is 0. The zero-order valence-corrected chi connectivity index (χ0v) is 17.6. The van der Waals surface area contributed by atoms with E-state index in [9.17, 15) is 14.7 Å². The molecule has 1 heterocycles. The van der Waals surface area contributed by atoms with Crippen LogP contribution in [0.25, 0.3) is 0 Å². The molecule has 0 aliphatic rings. The third-order valence-electron chi connectivity index (χ3n) is 4.43. The number of hydrogen-bond acceptors (Lipinski definition) is 7. The standard InChI is InChI=1S/C21H26N4O3S/c1-13(16-7-5-4-6-8-16)21(28)29-18(9-10-26)14(2)20(27)24-12-17-11-23-15(3)25-19(17)22/h4-8,11,13,26H,9-10,12H2,1-3H3,(H,24,27)(H2,22,23,25)/b18-14-. The van der Waals surface area contributed by atoms with Crippen molar-refractivity contribution in [2.75, 3.05) is 12.3 Å².